The van der Waals surface area contributed by atoms with Crippen LogP contribution in [0.15, 0.2) is 52.2 Å². The summed E-state index contributed by atoms with van der Waals surface area (Å²) in [6.07, 6.45) is 1.60. The molecule has 0 fully saturated rings. The molecule has 1 unspecified atom stereocenters. The molecule has 0 spiro atoms. The van der Waals surface area contributed by atoms with E-state index in [1.54, 1.807) is 24.3 Å². The lowest BCUT2D eigenvalue weighted by atomic mass is 10.2. The first-order valence-corrected chi connectivity index (χ1v) is 7.55. The summed E-state index contributed by atoms with van der Waals surface area (Å²) in [5.74, 6) is 0.200. The average molecular weight is 313 g/mol. The Bertz CT molecular complexity index is 692. The van der Waals surface area contributed by atoms with Crippen LogP contribution in [0.25, 0.3) is 0 Å². The number of aliphatic hydroxyl groups is 1. The molecule has 2 heterocycles. The van der Waals surface area contributed by atoms with Crippen molar-refractivity contribution in [3.05, 3.63) is 54.0 Å². The van der Waals surface area contributed by atoms with Crippen molar-refractivity contribution in [1.82, 2.24) is 5.32 Å². The number of hydrazone groups is 1. The summed E-state index contributed by atoms with van der Waals surface area (Å²) < 4.78 is 5.10. The van der Waals surface area contributed by atoms with Gasteiger partial charge < -0.3 is 14.8 Å². The number of hydrogen-bond donors (Lipinski definition) is 2. The van der Waals surface area contributed by atoms with Crippen molar-refractivity contribution in [1.29, 1.82) is 0 Å². The lowest BCUT2D eigenvalue weighted by Crippen LogP contribution is -2.28. The molecule has 120 valence electrons. The summed E-state index contributed by atoms with van der Waals surface area (Å²) in [5, 5.41) is 18.9. The molecule has 0 saturated carbocycles. The number of furan rings is 1. The molecule has 6 nitrogen and oxygen atoms in total. The van der Waals surface area contributed by atoms with Gasteiger partial charge in [0.15, 0.2) is 0 Å². The highest BCUT2D eigenvalue weighted by atomic mass is 16.4. The van der Waals surface area contributed by atoms with E-state index in [1.807, 2.05) is 24.1 Å². The number of benzene rings is 1. The number of nitrogens with zero attached hydrogens (tertiary/aromatic N) is 2. The Morgan fingerprint density at radius 2 is 2.17 bits per heavy atom. The third-order valence-corrected chi connectivity index (χ3v) is 3.73. The SMILES string of the molecule is CC1=NN(c2ccc(C(=O)NCC(O)c3ccco3)cc2)CC1. The Labute approximate surface area is 134 Å². The van der Waals surface area contributed by atoms with E-state index in [1.165, 1.54) is 6.26 Å². The third kappa shape index (κ3) is 3.60. The van der Waals surface area contributed by atoms with Crippen LogP contribution in [0.2, 0.25) is 0 Å². The topological polar surface area (TPSA) is 78.1 Å². The number of rotatable bonds is 5. The predicted molar refractivity (Wildman–Crippen MR) is 87.5 cm³/mol. The van der Waals surface area contributed by atoms with Gasteiger partial charge in [0.05, 0.1) is 18.5 Å². The number of carbonyl (C=O) groups excluding carboxylic acids is 1. The van der Waals surface area contributed by atoms with Crippen LogP contribution in [0.5, 0.6) is 0 Å². The van der Waals surface area contributed by atoms with Gasteiger partial charge in [-0.3, -0.25) is 9.80 Å². The highest BCUT2D eigenvalue weighted by Crippen LogP contribution is 2.20. The second-order valence-electron chi connectivity index (χ2n) is 5.50. The Hall–Kier alpha value is -2.60. The first-order chi connectivity index (χ1) is 11.1. The van der Waals surface area contributed by atoms with Crippen LogP contribution in [0, 0.1) is 0 Å². The summed E-state index contributed by atoms with van der Waals surface area (Å²) in [6, 6.07) is 10.6. The molecule has 1 amide bonds. The van der Waals surface area contributed by atoms with Gasteiger partial charge in [0, 0.05) is 24.2 Å². The molecule has 1 atom stereocenters. The molecule has 0 saturated heterocycles. The smallest absolute Gasteiger partial charge is 0.251 e. The van der Waals surface area contributed by atoms with Gasteiger partial charge in [-0.25, -0.2) is 0 Å². The zero-order valence-corrected chi connectivity index (χ0v) is 12.9. The van der Waals surface area contributed by atoms with Crippen molar-refractivity contribution >= 4 is 17.3 Å². The summed E-state index contributed by atoms with van der Waals surface area (Å²) >= 11 is 0. The zero-order valence-electron chi connectivity index (χ0n) is 12.9. The first-order valence-electron chi connectivity index (χ1n) is 7.55. The third-order valence-electron chi connectivity index (χ3n) is 3.73. The van der Waals surface area contributed by atoms with Crippen LogP contribution < -0.4 is 10.3 Å². The molecule has 1 aliphatic rings. The highest BCUT2D eigenvalue weighted by Gasteiger charge is 2.15. The second kappa shape index (κ2) is 6.66. The Balaban J connectivity index is 1.57. The zero-order chi connectivity index (χ0) is 16.2. The van der Waals surface area contributed by atoms with Crippen molar-refractivity contribution in [2.75, 3.05) is 18.1 Å². The largest absolute Gasteiger partial charge is 0.467 e. The second-order valence-corrected chi connectivity index (χ2v) is 5.50. The van der Waals surface area contributed by atoms with E-state index in [0.717, 1.165) is 24.4 Å². The number of aliphatic hydroxyl groups excluding tert-OH is 1. The molecule has 1 aliphatic heterocycles. The molecule has 2 N–H and O–H groups in total. The van der Waals surface area contributed by atoms with E-state index in [9.17, 15) is 9.90 Å². The molecular formula is C17H19N3O3. The van der Waals surface area contributed by atoms with E-state index >= 15 is 0 Å². The van der Waals surface area contributed by atoms with E-state index in [0.29, 0.717) is 11.3 Å². The fourth-order valence-corrected chi connectivity index (χ4v) is 2.42. The number of nitrogens with one attached hydrogen (secondary N) is 1. The molecule has 2 aromatic rings. The highest BCUT2D eigenvalue weighted by molar-refractivity contribution is 5.94. The molecule has 1 aromatic carbocycles. The predicted octanol–water partition coefficient (Wildman–Crippen LogP) is 2.33. The molecule has 6 heteroatoms. The first kappa shape index (κ1) is 15.3. The van der Waals surface area contributed by atoms with E-state index in [-0.39, 0.29) is 12.5 Å². The Kier molecular flexibility index (Phi) is 4.43. The number of anilines is 1. The lowest BCUT2D eigenvalue weighted by molar-refractivity contribution is 0.0901. The lowest BCUT2D eigenvalue weighted by Gasteiger charge is -2.14. The van der Waals surface area contributed by atoms with E-state index in [4.69, 9.17) is 4.42 Å². The quantitative estimate of drug-likeness (QED) is 0.888. The normalized spacial score (nSPS) is 15.4. The van der Waals surface area contributed by atoms with Crippen molar-refractivity contribution < 1.29 is 14.3 Å². The number of carbonyl (C=O) groups is 1. The minimum atomic E-state index is -0.852. The van der Waals surface area contributed by atoms with Gasteiger partial charge in [-0.1, -0.05) is 0 Å². The summed E-state index contributed by atoms with van der Waals surface area (Å²) in [7, 11) is 0. The van der Waals surface area contributed by atoms with Crippen LogP contribution in [0.3, 0.4) is 0 Å². The molecule has 23 heavy (non-hydrogen) atoms. The van der Waals surface area contributed by atoms with Crippen molar-refractivity contribution in [2.24, 2.45) is 5.10 Å². The standard InChI is InChI=1S/C17H19N3O3/c1-12-8-9-20(19-12)14-6-4-13(5-7-14)17(22)18-11-15(21)16-3-2-10-23-16/h2-7,10,15,21H,8-9,11H2,1H3,(H,18,22). The number of amides is 1. The van der Waals surface area contributed by atoms with Gasteiger partial charge in [-0.05, 0) is 43.3 Å². The van der Waals surface area contributed by atoms with Crippen LogP contribution in [0.4, 0.5) is 5.69 Å². The van der Waals surface area contributed by atoms with Crippen LogP contribution >= 0.6 is 0 Å². The van der Waals surface area contributed by atoms with Gasteiger partial charge >= 0.3 is 0 Å². The van der Waals surface area contributed by atoms with Gasteiger partial charge in [-0.2, -0.15) is 5.10 Å². The molecule has 0 aliphatic carbocycles. The van der Waals surface area contributed by atoms with Crippen LogP contribution in [0.1, 0.15) is 35.6 Å². The maximum absolute atomic E-state index is 12.1. The maximum Gasteiger partial charge on any atom is 0.251 e. The van der Waals surface area contributed by atoms with Crippen molar-refractivity contribution in [3.8, 4) is 0 Å². The number of hydrogen-bond acceptors (Lipinski definition) is 5. The van der Waals surface area contributed by atoms with Gasteiger partial charge in [0.2, 0.25) is 0 Å². The van der Waals surface area contributed by atoms with Gasteiger partial charge in [0.1, 0.15) is 11.9 Å². The van der Waals surface area contributed by atoms with Gasteiger partial charge in [0.25, 0.3) is 5.91 Å². The summed E-state index contributed by atoms with van der Waals surface area (Å²) in [6.45, 7) is 2.97. The fourth-order valence-electron chi connectivity index (χ4n) is 2.42. The summed E-state index contributed by atoms with van der Waals surface area (Å²) in [4.78, 5) is 12.1. The minimum Gasteiger partial charge on any atom is -0.467 e. The van der Waals surface area contributed by atoms with Crippen LogP contribution in [-0.4, -0.2) is 29.8 Å². The Morgan fingerprint density at radius 3 is 2.78 bits per heavy atom. The van der Waals surface area contributed by atoms with Crippen molar-refractivity contribution in [2.45, 2.75) is 19.4 Å². The fraction of sp³-hybridized carbons (Fsp3) is 0.294. The minimum absolute atomic E-state index is 0.101. The molecule has 0 bridgehead atoms. The average Bonchev–Trinajstić information content (AvgIpc) is 3.24. The van der Waals surface area contributed by atoms with Crippen LogP contribution in [-0.2, 0) is 0 Å². The van der Waals surface area contributed by atoms with E-state index < -0.39 is 6.10 Å². The van der Waals surface area contributed by atoms with Crippen molar-refractivity contribution in [3.63, 3.8) is 0 Å². The summed E-state index contributed by atoms with van der Waals surface area (Å²) in [5.41, 5.74) is 2.62. The molecule has 0 radical (unpaired) electrons. The molecule has 1 aromatic heterocycles. The van der Waals surface area contributed by atoms with Gasteiger partial charge in [-0.15, -0.1) is 0 Å². The molecular weight excluding hydrogens is 294 g/mol. The van der Waals surface area contributed by atoms with E-state index in [2.05, 4.69) is 10.4 Å². The monoisotopic (exact) mass is 313 g/mol. The Morgan fingerprint density at radius 1 is 1.39 bits per heavy atom. The molecule has 3 rings (SSSR count). The maximum atomic E-state index is 12.1.